The van der Waals surface area contributed by atoms with Crippen molar-refractivity contribution in [2.75, 3.05) is 25.6 Å². The van der Waals surface area contributed by atoms with Gasteiger partial charge in [0.2, 0.25) is 5.88 Å². The van der Waals surface area contributed by atoms with E-state index in [4.69, 9.17) is 9.47 Å². The van der Waals surface area contributed by atoms with Crippen molar-refractivity contribution in [2.45, 2.75) is 18.9 Å². The lowest BCUT2D eigenvalue weighted by Gasteiger charge is -2.24. The van der Waals surface area contributed by atoms with Gasteiger partial charge in [-0.1, -0.05) is 6.07 Å². The van der Waals surface area contributed by atoms with E-state index in [0.29, 0.717) is 17.9 Å². The van der Waals surface area contributed by atoms with E-state index in [9.17, 15) is 4.79 Å². The van der Waals surface area contributed by atoms with E-state index in [1.54, 1.807) is 31.6 Å². The van der Waals surface area contributed by atoms with Crippen LogP contribution < -0.4 is 15.5 Å². The number of hydrazine groups is 1. The normalized spacial score (nSPS) is 16.1. The average molecular weight is 419 g/mol. The monoisotopic (exact) mass is 419 g/mol. The molecule has 1 aromatic carbocycles. The molecule has 8 heteroatoms. The number of anilines is 2. The van der Waals surface area contributed by atoms with Crippen molar-refractivity contribution in [2.24, 2.45) is 0 Å². The van der Waals surface area contributed by atoms with E-state index in [0.717, 1.165) is 30.9 Å². The van der Waals surface area contributed by atoms with Gasteiger partial charge in [0.1, 0.15) is 17.1 Å². The molecule has 8 nitrogen and oxygen atoms in total. The summed E-state index contributed by atoms with van der Waals surface area (Å²) < 4.78 is 11.2. The number of hydrogen-bond acceptors (Lipinski definition) is 7. The predicted octanol–water partition coefficient (Wildman–Crippen LogP) is 3.77. The van der Waals surface area contributed by atoms with Gasteiger partial charge in [0.25, 0.3) is 5.91 Å². The van der Waals surface area contributed by atoms with Crippen molar-refractivity contribution in [3.8, 4) is 11.6 Å². The van der Waals surface area contributed by atoms with Gasteiger partial charge < -0.3 is 14.8 Å². The minimum absolute atomic E-state index is 0.175. The summed E-state index contributed by atoms with van der Waals surface area (Å²) in [7, 11) is 1.67. The highest BCUT2D eigenvalue weighted by atomic mass is 16.5. The third kappa shape index (κ3) is 5.36. The van der Waals surface area contributed by atoms with Gasteiger partial charge in [0.05, 0.1) is 12.6 Å². The lowest BCUT2D eigenvalue weighted by atomic mass is 10.2. The molecule has 0 saturated carbocycles. The van der Waals surface area contributed by atoms with Crippen LogP contribution in [0.4, 0.5) is 11.5 Å². The first-order valence-corrected chi connectivity index (χ1v) is 10.2. The number of carbonyl (C=O) groups excluding carboxylic acids is 1. The maximum Gasteiger partial charge on any atom is 0.271 e. The van der Waals surface area contributed by atoms with Crippen molar-refractivity contribution < 1.29 is 14.3 Å². The number of aromatic nitrogens is 2. The number of rotatable bonds is 8. The summed E-state index contributed by atoms with van der Waals surface area (Å²) in [5.74, 6) is 1.35. The second-order valence-corrected chi connectivity index (χ2v) is 7.21. The molecular formula is C23H25N5O3. The molecule has 2 aromatic heterocycles. The molecule has 0 spiro atoms. The lowest BCUT2D eigenvalue weighted by molar-refractivity contribution is 0.0609. The van der Waals surface area contributed by atoms with Gasteiger partial charge in [0, 0.05) is 31.7 Å². The molecule has 1 aliphatic rings. The zero-order valence-corrected chi connectivity index (χ0v) is 17.3. The van der Waals surface area contributed by atoms with Gasteiger partial charge in [-0.05, 0) is 61.4 Å². The minimum Gasteiger partial charge on any atom is -0.438 e. The molecule has 3 heterocycles. The molecule has 1 aliphatic heterocycles. The molecule has 160 valence electrons. The molecule has 0 bridgehead atoms. The molecule has 1 saturated heterocycles. The van der Waals surface area contributed by atoms with Crippen molar-refractivity contribution in [3.05, 3.63) is 72.6 Å². The highest BCUT2D eigenvalue weighted by Crippen LogP contribution is 2.26. The summed E-state index contributed by atoms with van der Waals surface area (Å²) in [5.41, 5.74) is 4.22. The van der Waals surface area contributed by atoms with Crippen molar-refractivity contribution in [3.63, 3.8) is 0 Å². The summed E-state index contributed by atoms with van der Waals surface area (Å²) in [5, 5.41) is 5.15. The number of pyridine rings is 2. The Morgan fingerprint density at radius 3 is 2.71 bits per heavy atom. The molecule has 1 atom stereocenters. The molecule has 31 heavy (non-hydrogen) atoms. The number of methoxy groups -OCH3 is 1. The Hall–Kier alpha value is -3.49. The Kier molecular flexibility index (Phi) is 6.71. The summed E-state index contributed by atoms with van der Waals surface area (Å²) in [6, 6.07) is 16.7. The van der Waals surface area contributed by atoms with Gasteiger partial charge in [-0.15, -0.1) is 0 Å². The fourth-order valence-corrected chi connectivity index (χ4v) is 3.49. The third-order valence-corrected chi connectivity index (χ3v) is 5.00. The van der Waals surface area contributed by atoms with Gasteiger partial charge in [0.15, 0.2) is 0 Å². The summed E-state index contributed by atoms with van der Waals surface area (Å²) in [6.45, 7) is 1.37. The highest BCUT2D eigenvalue weighted by Gasteiger charge is 2.27. The Morgan fingerprint density at radius 2 is 1.94 bits per heavy atom. The first-order valence-electron chi connectivity index (χ1n) is 10.2. The molecule has 0 aliphatic carbocycles. The molecular weight excluding hydrogens is 394 g/mol. The van der Waals surface area contributed by atoms with E-state index in [2.05, 4.69) is 20.7 Å². The van der Waals surface area contributed by atoms with E-state index in [1.165, 1.54) is 0 Å². The van der Waals surface area contributed by atoms with Crippen LogP contribution in [0.3, 0.4) is 0 Å². The molecule has 0 radical (unpaired) electrons. The van der Waals surface area contributed by atoms with Gasteiger partial charge in [-0.2, -0.15) is 0 Å². The summed E-state index contributed by atoms with van der Waals surface area (Å²) >= 11 is 0. The number of hydrogen-bond donors (Lipinski definition) is 2. The van der Waals surface area contributed by atoms with Crippen LogP contribution in [-0.2, 0) is 4.74 Å². The molecule has 1 fully saturated rings. The van der Waals surface area contributed by atoms with E-state index in [-0.39, 0.29) is 17.8 Å². The van der Waals surface area contributed by atoms with Crippen LogP contribution in [0, 0.1) is 0 Å². The number of amides is 1. The SMILES string of the molecule is COCC1CCCN1NC(=O)c1cccnc1Oc1ccc(Nc2ccccn2)cc1. The maximum absolute atomic E-state index is 12.9. The number of ether oxygens (including phenoxy) is 2. The number of carbonyl (C=O) groups is 1. The van der Waals surface area contributed by atoms with Gasteiger partial charge >= 0.3 is 0 Å². The van der Waals surface area contributed by atoms with Crippen LogP contribution in [0.2, 0.25) is 0 Å². The fraction of sp³-hybridized carbons (Fsp3) is 0.261. The van der Waals surface area contributed by atoms with Crippen molar-refractivity contribution in [1.29, 1.82) is 0 Å². The Morgan fingerprint density at radius 1 is 1.10 bits per heavy atom. The summed E-state index contributed by atoms with van der Waals surface area (Å²) in [4.78, 5) is 21.4. The summed E-state index contributed by atoms with van der Waals surface area (Å²) in [6.07, 6.45) is 5.34. The first kappa shape index (κ1) is 20.8. The van der Waals surface area contributed by atoms with Crippen molar-refractivity contribution >= 4 is 17.4 Å². The van der Waals surface area contributed by atoms with E-state index in [1.807, 2.05) is 47.5 Å². The molecule has 4 rings (SSSR count). The molecule has 3 aromatic rings. The van der Waals surface area contributed by atoms with Gasteiger partial charge in [-0.3, -0.25) is 10.2 Å². The van der Waals surface area contributed by atoms with Gasteiger partial charge in [-0.25, -0.2) is 15.0 Å². The number of nitrogens with one attached hydrogen (secondary N) is 2. The lowest BCUT2D eigenvalue weighted by Crippen LogP contribution is -2.46. The van der Waals surface area contributed by atoms with Crippen LogP contribution in [0.25, 0.3) is 0 Å². The second-order valence-electron chi connectivity index (χ2n) is 7.21. The molecule has 1 unspecified atom stereocenters. The zero-order chi connectivity index (χ0) is 21.5. The Labute approximate surface area is 181 Å². The zero-order valence-electron chi connectivity index (χ0n) is 17.3. The average Bonchev–Trinajstić information content (AvgIpc) is 3.23. The molecule has 2 N–H and O–H groups in total. The van der Waals surface area contributed by atoms with Crippen LogP contribution in [-0.4, -0.2) is 47.2 Å². The minimum atomic E-state index is -0.250. The number of benzene rings is 1. The van der Waals surface area contributed by atoms with Crippen LogP contribution in [0.1, 0.15) is 23.2 Å². The van der Waals surface area contributed by atoms with E-state index >= 15 is 0 Å². The van der Waals surface area contributed by atoms with E-state index < -0.39 is 0 Å². The highest BCUT2D eigenvalue weighted by molar-refractivity contribution is 5.96. The van der Waals surface area contributed by atoms with Crippen LogP contribution in [0.15, 0.2) is 67.0 Å². The fourth-order valence-electron chi connectivity index (χ4n) is 3.49. The quantitative estimate of drug-likeness (QED) is 0.575. The van der Waals surface area contributed by atoms with Crippen molar-refractivity contribution in [1.82, 2.24) is 20.4 Å². The maximum atomic E-state index is 12.9. The number of nitrogens with zero attached hydrogens (tertiary/aromatic N) is 3. The largest absolute Gasteiger partial charge is 0.438 e. The topological polar surface area (TPSA) is 88.6 Å². The Balaban J connectivity index is 1.43. The standard InChI is InChI=1S/C23H25N5O3/c1-30-16-18-6-5-15-28(18)27-22(29)20-7-4-14-25-23(20)31-19-11-9-17(10-12-19)26-21-8-2-3-13-24-21/h2-4,7-14,18H,5-6,15-16H2,1H3,(H,24,26)(H,27,29). The second kappa shape index (κ2) is 10.0. The smallest absolute Gasteiger partial charge is 0.271 e. The third-order valence-electron chi connectivity index (χ3n) is 5.00. The van der Waals surface area contributed by atoms with Crippen LogP contribution >= 0.6 is 0 Å². The van der Waals surface area contributed by atoms with Crippen LogP contribution in [0.5, 0.6) is 11.6 Å². The Bertz CT molecular complexity index is 998. The molecule has 1 amide bonds. The predicted molar refractivity (Wildman–Crippen MR) is 117 cm³/mol. The first-order chi connectivity index (χ1) is 15.2.